The molecule has 0 aromatic heterocycles. The van der Waals surface area contributed by atoms with E-state index >= 15 is 0 Å². The Morgan fingerprint density at radius 2 is 2.26 bits per heavy atom. The van der Waals surface area contributed by atoms with E-state index in [0.29, 0.717) is 6.54 Å². The number of nitrogens with zero attached hydrogens (tertiary/aromatic N) is 2. The van der Waals surface area contributed by atoms with E-state index in [2.05, 4.69) is 29.6 Å². The van der Waals surface area contributed by atoms with Crippen LogP contribution >= 0.6 is 0 Å². The number of methoxy groups -OCH3 is 1. The van der Waals surface area contributed by atoms with Gasteiger partial charge in [0.15, 0.2) is 0 Å². The molecule has 1 aliphatic heterocycles. The molecule has 0 spiro atoms. The molecule has 0 aliphatic carbocycles. The van der Waals surface area contributed by atoms with Crippen molar-refractivity contribution < 1.29 is 14.3 Å². The number of likely N-dealkylation sites (tertiary alicyclic amines) is 1. The summed E-state index contributed by atoms with van der Waals surface area (Å²) >= 11 is 0. The normalized spacial score (nSPS) is 19.4. The first-order valence-corrected chi connectivity index (χ1v) is 7.91. The van der Waals surface area contributed by atoms with Crippen molar-refractivity contribution in [1.29, 1.82) is 0 Å². The molecule has 7 nitrogen and oxygen atoms in total. The van der Waals surface area contributed by atoms with Crippen LogP contribution in [0, 0.1) is 0 Å². The van der Waals surface area contributed by atoms with Gasteiger partial charge >= 0.3 is 6.09 Å². The van der Waals surface area contributed by atoms with Gasteiger partial charge in [0.25, 0.3) is 0 Å². The fourth-order valence-electron chi connectivity index (χ4n) is 2.66. The van der Waals surface area contributed by atoms with E-state index in [1.807, 2.05) is 13.0 Å². The summed E-state index contributed by atoms with van der Waals surface area (Å²) in [6.45, 7) is 8.38. The largest absolute Gasteiger partial charge is 0.452 e. The molecular formula is C16H28N4O3. The van der Waals surface area contributed by atoms with Crippen LogP contribution in [0.2, 0.25) is 0 Å². The topological polar surface area (TPSA) is 87.9 Å². The van der Waals surface area contributed by atoms with Gasteiger partial charge in [0, 0.05) is 12.6 Å². The Morgan fingerprint density at radius 1 is 1.57 bits per heavy atom. The highest BCUT2D eigenvalue weighted by Gasteiger charge is 2.30. The van der Waals surface area contributed by atoms with Crippen molar-refractivity contribution in [2.45, 2.75) is 45.3 Å². The molecule has 23 heavy (non-hydrogen) atoms. The highest BCUT2D eigenvalue weighted by molar-refractivity contribution is 5.82. The number of rotatable bonds is 7. The van der Waals surface area contributed by atoms with Crippen molar-refractivity contribution in [3.05, 3.63) is 24.3 Å². The van der Waals surface area contributed by atoms with Gasteiger partial charge in [-0.25, -0.2) is 15.6 Å². The van der Waals surface area contributed by atoms with Crippen molar-refractivity contribution in [3.8, 4) is 0 Å². The first kappa shape index (κ1) is 19.2. The van der Waals surface area contributed by atoms with E-state index < -0.39 is 6.09 Å². The minimum absolute atomic E-state index is 0.0530. The summed E-state index contributed by atoms with van der Waals surface area (Å²) in [4.78, 5) is 25.3. The molecule has 2 atom stereocenters. The molecule has 3 N–H and O–H groups in total. The number of allylic oxidation sites excluding steroid dienone is 2. The van der Waals surface area contributed by atoms with Crippen LogP contribution in [-0.4, -0.2) is 54.3 Å². The number of hydrogen-bond donors (Lipinski definition) is 2. The summed E-state index contributed by atoms with van der Waals surface area (Å²) in [6, 6.07) is 0.121. The molecule has 0 aromatic carbocycles. The molecule has 2 unspecified atom stereocenters. The maximum Gasteiger partial charge on any atom is 0.424 e. The first-order chi connectivity index (χ1) is 10.9. The average Bonchev–Trinajstić information content (AvgIpc) is 2.99. The van der Waals surface area contributed by atoms with E-state index in [1.165, 1.54) is 12.7 Å². The molecule has 1 heterocycles. The average molecular weight is 324 g/mol. The van der Waals surface area contributed by atoms with Crippen LogP contribution in [0.4, 0.5) is 4.79 Å². The second-order valence-corrected chi connectivity index (χ2v) is 5.60. The van der Waals surface area contributed by atoms with Gasteiger partial charge in [-0.15, -0.1) is 0 Å². The molecule has 7 heteroatoms. The van der Waals surface area contributed by atoms with E-state index in [9.17, 15) is 9.59 Å². The molecule has 1 fully saturated rings. The third kappa shape index (κ3) is 5.69. The van der Waals surface area contributed by atoms with Crippen LogP contribution in [0.5, 0.6) is 0 Å². The van der Waals surface area contributed by atoms with Gasteiger partial charge in [0.05, 0.1) is 13.3 Å². The Morgan fingerprint density at radius 3 is 2.83 bits per heavy atom. The van der Waals surface area contributed by atoms with E-state index in [4.69, 9.17) is 5.84 Å². The minimum Gasteiger partial charge on any atom is -0.452 e. The number of nitrogens with one attached hydrogen (secondary N) is 1. The predicted molar refractivity (Wildman–Crippen MR) is 89.2 cm³/mol. The van der Waals surface area contributed by atoms with Gasteiger partial charge in [-0.2, -0.15) is 0 Å². The number of hydrazine groups is 1. The van der Waals surface area contributed by atoms with Crippen LogP contribution in [-0.2, 0) is 9.53 Å². The maximum atomic E-state index is 12.3. The first-order valence-electron chi connectivity index (χ1n) is 7.91. The fourth-order valence-corrected chi connectivity index (χ4v) is 2.66. The monoisotopic (exact) mass is 324 g/mol. The fraction of sp³-hybridized carbons (Fsp3) is 0.625. The molecule has 1 rings (SSSR count). The standard InChI is InChI=1S/C16H28N4O3/c1-5-13(6-2)10-12(3)18-14-8-7-9-19(14)15(21)11-20(17)16(22)23-4/h5,10,12,14,18H,1,6-9,11,17H2,2-4H3/b13-10+. The Bertz CT molecular complexity index is 464. The molecule has 0 radical (unpaired) electrons. The highest BCUT2D eigenvalue weighted by atomic mass is 16.5. The lowest BCUT2D eigenvalue weighted by Gasteiger charge is -2.29. The second-order valence-electron chi connectivity index (χ2n) is 5.60. The van der Waals surface area contributed by atoms with Crippen LogP contribution in [0.3, 0.4) is 0 Å². The third-order valence-electron chi connectivity index (χ3n) is 3.88. The van der Waals surface area contributed by atoms with Crippen molar-refractivity contribution in [1.82, 2.24) is 15.2 Å². The highest BCUT2D eigenvalue weighted by Crippen LogP contribution is 2.16. The zero-order chi connectivity index (χ0) is 17.4. The molecule has 0 saturated carbocycles. The Balaban J connectivity index is 2.62. The summed E-state index contributed by atoms with van der Waals surface area (Å²) in [5.41, 5.74) is 1.17. The van der Waals surface area contributed by atoms with Gasteiger partial charge < -0.3 is 9.64 Å². The molecule has 1 saturated heterocycles. The van der Waals surface area contributed by atoms with Gasteiger partial charge in [0.1, 0.15) is 6.54 Å². The molecule has 0 aromatic rings. The smallest absolute Gasteiger partial charge is 0.424 e. The zero-order valence-electron chi connectivity index (χ0n) is 14.2. The number of carbonyl (C=O) groups is 2. The number of nitrogens with two attached hydrogens (primary N) is 1. The Hall–Kier alpha value is -1.86. The molecule has 1 aliphatic rings. The van der Waals surface area contributed by atoms with Crippen LogP contribution < -0.4 is 11.2 Å². The second kappa shape index (κ2) is 9.32. The van der Waals surface area contributed by atoms with E-state index in [-0.39, 0.29) is 24.7 Å². The minimum atomic E-state index is -0.725. The summed E-state index contributed by atoms with van der Waals surface area (Å²) in [7, 11) is 1.23. The summed E-state index contributed by atoms with van der Waals surface area (Å²) in [6.07, 6.45) is 5.90. The Labute approximate surface area is 138 Å². The lowest BCUT2D eigenvalue weighted by molar-refractivity contribution is -0.133. The molecule has 0 bridgehead atoms. The maximum absolute atomic E-state index is 12.3. The van der Waals surface area contributed by atoms with Crippen LogP contribution in [0.15, 0.2) is 24.3 Å². The zero-order valence-corrected chi connectivity index (χ0v) is 14.2. The van der Waals surface area contributed by atoms with E-state index in [0.717, 1.165) is 24.3 Å². The summed E-state index contributed by atoms with van der Waals surface area (Å²) in [5, 5.41) is 4.22. The van der Waals surface area contributed by atoms with Crippen molar-refractivity contribution in [2.24, 2.45) is 5.84 Å². The SMILES string of the molecule is C=C/C(=C\C(C)NC1CCCN1C(=O)CN(N)C(=O)OC)CC. The quantitative estimate of drug-likeness (QED) is 0.320. The molecule has 130 valence electrons. The van der Waals surface area contributed by atoms with E-state index in [1.54, 1.807) is 4.90 Å². The van der Waals surface area contributed by atoms with Gasteiger partial charge in [0.2, 0.25) is 5.91 Å². The van der Waals surface area contributed by atoms with Crippen LogP contribution in [0.25, 0.3) is 0 Å². The number of amides is 2. The van der Waals surface area contributed by atoms with Crippen molar-refractivity contribution >= 4 is 12.0 Å². The molecule has 2 amide bonds. The molecular weight excluding hydrogens is 296 g/mol. The number of carbonyl (C=O) groups excluding carboxylic acids is 2. The van der Waals surface area contributed by atoms with Crippen molar-refractivity contribution in [3.63, 3.8) is 0 Å². The summed E-state index contributed by atoms with van der Waals surface area (Å²) < 4.78 is 4.49. The third-order valence-corrected chi connectivity index (χ3v) is 3.88. The number of hydrogen-bond acceptors (Lipinski definition) is 5. The summed E-state index contributed by atoms with van der Waals surface area (Å²) in [5.74, 6) is 5.32. The van der Waals surface area contributed by atoms with Crippen molar-refractivity contribution in [2.75, 3.05) is 20.2 Å². The van der Waals surface area contributed by atoms with Gasteiger partial charge in [-0.05, 0) is 26.2 Å². The predicted octanol–water partition coefficient (Wildman–Crippen LogP) is 1.38. The lowest BCUT2D eigenvalue weighted by atomic mass is 10.1. The van der Waals surface area contributed by atoms with Gasteiger partial charge in [-0.3, -0.25) is 10.1 Å². The number of ether oxygens (including phenoxy) is 1. The van der Waals surface area contributed by atoms with Gasteiger partial charge in [-0.1, -0.05) is 31.2 Å². The Kier molecular flexibility index (Phi) is 7.77. The van der Waals surface area contributed by atoms with Crippen LogP contribution in [0.1, 0.15) is 33.1 Å². The lowest BCUT2D eigenvalue weighted by Crippen LogP contribution is -2.52.